The van der Waals surface area contributed by atoms with E-state index in [1.807, 2.05) is 54.6 Å². The average Bonchev–Trinajstić information content (AvgIpc) is 2.67. The van der Waals surface area contributed by atoms with Crippen molar-refractivity contribution in [3.05, 3.63) is 65.7 Å². The predicted molar refractivity (Wildman–Crippen MR) is 98.1 cm³/mol. The third kappa shape index (κ3) is 4.16. The molecule has 25 heavy (non-hydrogen) atoms. The van der Waals surface area contributed by atoms with Gasteiger partial charge in [-0.05, 0) is 30.5 Å². The van der Waals surface area contributed by atoms with E-state index in [1.54, 1.807) is 7.11 Å². The van der Waals surface area contributed by atoms with Crippen molar-refractivity contribution in [1.82, 2.24) is 0 Å². The first-order chi connectivity index (χ1) is 12.2. The van der Waals surface area contributed by atoms with Crippen LogP contribution in [0.2, 0.25) is 0 Å². The third-order valence-electron chi connectivity index (χ3n) is 5.11. The molecule has 0 aromatic heterocycles. The molecule has 0 heterocycles. The molecule has 2 aromatic rings. The number of ketones is 2. The zero-order valence-electron chi connectivity index (χ0n) is 14.6. The van der Waals surface area contributed by atoms with Gasteiger partial charge in [-0.2, -0.15) is 0 Å². The summed E-state index contributed by atoms with van der Waals surface area (Å²) in [6.45, 7) is 0. The van der Waals surface area contributed by atoms with Crippen LogP contribution >= 0.6 is 0 Å². The number of ether oxygens (including phenoxy) is 1. The van der Waals surface area contributed by atoms with Crippen LogP contribution in [0.1, 0.15) is 53.9 Å². The predicted octanol–water partition coefficient (Wildman–Crippen LogP) is 4.81. The summed E-state index contributed by atoms with van der Waals surface area (Å²) in [5.74, 6) is 0.980. The molecule has 0 bridgehead atoms. The van der Waals surface area contributed by atoms with Gasteiger partial charge in [-0.1, -0.05) is 48.9 Å². The number of hydrogen-bond donors (Lipinski definition) is 0. The topological polar surface area (TPSA) is 43.4 Å². The Balaban J connectivity index is 1.90. The van der Waals surface area contributed by atoms with Crippen molar-refractivity contribution in [2.24, 2.45) is 5.92 Å². The molecule has 3 nitrogen and oxygen atoms in total. The third-order valence-corrected chi connectivity index (χ3v) is 5.11. The van der Waals surface area contributed by atoms with Crippen molar-refractivity contribution in [3.63, 3.8) is 0 Å². The summed E-state index contributed by atoms with van der Waals surface area (Å²) in [6, 6.07) is 17.1. The molecule has 1 aliphatic carbocycles. The zero-order chi connectivity index (χ0) is 17.6. The van der Waals surface area contributed by atoms with Crippen molar-refractivity contribution in [2.75, 3.05) is 7.11 Å². The summed E-state index contributed by atoms with van der Waals surface area (Å²) in [7, 11) is 1.63. The number of benzene rings is 2. The molecule has 0 radical (unpaired) electrons. The van der Waals surface area contributed by atoms with Crippen LogP contribution in [0.15, 0.2) is 54.6 Å². The summed E-state index contributed by atoms with van der Waals surface area (Å²) in [5.41, 5.74) is 1.72. The summed E-state index contributed by atoms with van der Waals surface area (Å²) in [6.07, 6.45) is 3.87. The van der Waals surface area contributed by atoms with Crippen molar-refractivity contribution >= 4 is 11.6 Å². The van der Waals surface area contributed by atoms with Crippen LogP contribution in [0.4, 0.5) is 0 Å². The zero-order valence-corrected chi connectivity index (χ0v) is 14.6. The molecular weight excluding hydrogens is 312 g/mol. The van der Waals surface area contributed by atoms with Crippen molar-refractivity contribution in [1.29, 1.82) is 0 Å². The Morgan fingerprint density at radius 3 is 2.64 bits per heavy atom. The normalized spacial score (nSPS) is 18.6. The minimum Gasteiger partial charge on any atom is -0.497 e. The minimum atomic E-state index is -0.0874. The Bertz CT molecular complexity index is 736. The molecule has 1 saturated carbocycles. The smallest absolute Gasteiger partial charge is 0.163 e. The van der Waals surface area contributed by atoms with Gasteiger partial charge in [0.05, 0.1) is 7.11 Å². The van der Waals surface area contributed by atoms with Crippen LogP contribution in [0.5, 0.6) is 5.75 Å². The molecule has 2 aromatic carbocycles. The molecule has 1 aliphatic rings. The Morgan fingerprint density at radius 1 is 1.12 bits per heavy atom. The molecular formula is C22H24O3. The fourth-order valence-corrected chi connectivity index (χ4v) is 3.74. The van der Waals surface area contributed by atoms with Gasteiger partial charge in [-0.3, -0.25) is 9.59 Å². The van der Waals surface area contributed by atoms with E-state index in [4.69, 9.17) is 4.74 Å². The summed E-state index contributed by atoms with van der Waals surface area (Å²) < 4.78 is 5.34. The van der Waals surface area contributed by atoms with Gasteiger partial charge in [-0.25, -0.2) is 0 Å². The van der Waals surface area contributed by atoms with E-state index < -0.39 is 0 Å². The number of carbonyl (C=O) groups excluding carboxylic acids is 2. The van der Waals surface area contributed by atoms with Gasteiger partial charge < -0.3 is 4.74 Å². The molecule has 0 saturated heterocycles. The minimum absolute atomic E-state index is 0.0754. The lowest BCUT2D eigenvalue weighted by molar-refractivity contribution is -0.125. The van der Waals surface area contributed by atoms with E-state index >= 15 is 0 Å². The van der Waals surface area contributed by atoms with E-state index in [0.29, 0.717) is 24.2 Å². The highest BCUT2D eigenvalue weighted by Crippen LogP contribution is 2.38. The first kappa shape index (κ1) is 17.4. The average molecular weight is 336 g/mol. The van der Waals surface area contributed by atoms with E-state index in [1.165, 1.54) is 0 Å². The molecule has 0 amide bonds. The lowest BCUT2D eigenvalue weighted by atomic mass is 9.73. The summed E-state index contributed by atoms with van der Waals surface area (Å²) >= 11 is 0. The first-order valence-corrected chi connectivity index (χ1v) is 8.94. The van der Waals surface area contributed by atoms with Gasteiger partial charge in [0.1, 0.15) is 11.5 Å². The fourth-order valence-electron chi connectivity index (χ4n) is 3.74. The molecule has 130 valence electrons. The fraction of sp³-hybridized carbons (Fsp3) is 0.364. The number of methoxy groups -OCH3 is 1. The van der Waals surface area contributed by atoms with Crippen LogP contribution in [-0.2, 0) is 4.79 Å². The molecule has 0 aliphatic heterocycles. The SMILES string of the molecule is COc1cccc([C@@H](CC(=O)c2ccccc2)[C@@H]2CCCCC2=O)c1. The standard InChI is InChI=1S/C22H24O3/c1-25-18-11-7-10-17(14-18)20(19-12-5-6-13-21(19)23)15-22(24)16-8-3-2-4-9-16/h2-4,7-11,14,19-20H,5-6,12-13,15H2,1H3/t19-,20+/m0/s1. The van der Waals surface area contributed by atoms with Crippen LogP contribution in [-0.4, -0.2) is 18.7 Å². The number of Topliss-reactive ketones (excluding diaryl/α,β-unsaturated/α-hetero) is 2. The highest BCUT2D eigenvalue weighted by molar-refractivity contribution is 5.97. The number of rotatable bonds is 6. The molecule has 3 rings (SSSR count). The maximum atomic E-state index is 12.8. The van der Waals surface area contributed by atoms with Gasteiger partial charge >= 0.3 is 0 Å². The Morgan fingerprint density at radius 2 is 1.92 bits per heavy atom. The van der Waals surface area contributed by atoms with E-state index in [2.05, 4.69) is 0 Å². The van der Waals surface area contributed by atoms with E-state index in [9.17, 15) is 9.59 Å². The Hall–Kier alpha value is -2.42. The van der Waals surface area contributed by atoms with Gasteiger partial charge in [0, 0.05) is 30.2 Å². The molecule has 0 unspecified atom stereocenters. The number of hydrogen-bond acceptors (Lipinski definition) is 3. The Kier molecular flexibility index (Phi) is 5.64. The highest BCUT2D eigenvalue weighted by Gasteiger charge is 2.33. The van der Waals surface area contributed by atoms with Gasteiger partial charge in [-0.15, -0.1) is 0 Å². The van der Waals surface area contributed by atoms with Crippen LogP contribution in [0.25, 0.3) is 0 Å². The number of carbonyl (C=O) groups is 2. The molecule has 2 atom stereocenters. The van der Waals surface area contributed by atoms with Crippen LogP contribution in [0.3, 0.4) is 0 Å². The molecule has 1 fully saturated rings. The van der Waals surface area contributed by atoms with Gasteiger partial charge in [0.15, 0.2) is 5.78 Å². The van der Waals surface area contributed by atoms with Crippen molar-refractivity contribution in [2.45, 2.75) is 38.0 Å². The molecule has 0 N–H and O–H groups in total. The van der Waals surface area contributed by atoms with E-state index in [0.717, 1.165) is 30.6 Å². The van der Waals surface area contributed by atoms with Crippen molar-refractivity contribution < 1.29 is 14.3 Å². The van der Waals surface area contributed by atoms with Crippen LogP contribution in [0, 0.1) is 5.92 Å². The lowest BCUT2D eigenvalue weighted by Gasteiger charge is -2.29. The van der Waals surface area contributed by atoms with E-state index in [-0.39, 0.29) is 17.6 Å². The second-order valence-corrected chi connectivity index (χ2v) is 6.70. The van der Waals surface area contributed by atoms with Crippen LogP contribution < -0.4 is 4.74 Å². The monoisotopic (exact) mass is 336 g/mol. The summed E-state index contributed by atoms with van der Waals surface area (Å²) in [5, 5.41) is 0. The second kappa shape index (κ2) is 8.11. The van der Waals surface area contributed by atoms with Gasteiger partial charge in [0.2, 0.25) is 0 Å². The first-order valence-electron chi connectivity index (χ1n) is 8.94. The molecule has 3 heteroatoms. The van der Waals surface area contributed by atoms with Crippen molar-refractivity contribution in [3.8, 4) is 5.75 Å². The maximum absolute atomic E-state index is 12.8. The van der Waals surface area contributed by atoms with Gasteiger partial charge in [0.25, 0.3) is 0 Å². The quantitative estimate of drug-likeness (QED) is 0.711. The Labute approximate surface area is 149 Å². The summed E-state index contributed by atoms with van der Waals surface area (Å²) in [4.78, 5) is 25.3. The lowest BCUT2D eigenvalue weighted by Crippen LogP contribution is -2.27. The molecule has 0 spiro atoms. The second-order valence-electron chi connectivity index (χ2n) is 6.70. The largest absolute Gasteiger partial charge is 0.497 e. The highest BCUT2D eigenvalue weighted by atomic mass is 16.5. The maximum Gasteiger partial charge on any atom is 0.163 e.